The molecule has 0 atom stereocenters. The first-order valence-corrected chi connectivity index (χ1v) is 14.5. The van der Waals surface area contributed by atoms with Crippen molar-refractivity contribution in [2.75, 3.05) is 25.0 Å². The highest BCUT2D eigenvalue weighted by Crippen LogP contribution is 2.29. The van der Waals surface area contributed by atoms with Crippen LogP contribution < -0.4 is 10.8 Å². The van der Waals surface area contributed by atoms with Crippen LogP contribution in [-0.2, 0) is 10.0 Å². The zero-order chi connectivity index (χ0) is 26.2. The van der Waals surface area contributed by atoms with Crippen LogP contribution in [-0.4, -0.2) is 54.8 Å². The van der Waals surface area contributed by atoms with Gasteiger partial charge in [-0.15, -0.1) is 0 Å². The lowest BCUT2D eigenvalue weighted by Crippen LogP contribution is -2.39. The van der Waals surface area contributed by atoms with E-state index in [9.17, 15) is 8.42 Å². The summed E-state index contributed by atoms with van der Waals surface area (Å²) in [6, 6.07) is 16.9. The van der Waals surface area contributed by atoms with Crippen molar-refractivity contribution >= 4 is 46.4 Å². The quantitative estimate of drug-likeness (QED) is 0.363. The van der Waals surface area contributed by atoms with Crippen LogP contribution in [0.2, 0.25) is 5.02 Å². The molecule has 10 heteroatoms. The van der Waals surface area contributed by atoms with Gasteiger partial charge in [0.15, 0.2) is 5.65 Å². The SMILES string of the molecule is Bc1cnn2c(NCC3CCN(S(=O)(=O)c4ccc(C(C)C)cc4)CC3)cc(-c3ccccc3Cl)nc12. The molecule has 192 valence electrons. The molecule has 0 bridgehead atoms. The number of hydrogen-bond acceptors (Lipinski definition) is 5. The van der Waals surface area contributed by atoms with Gasteiger partial charge in [-0.3, -0.25) is 0 Å². The fraction of sp³-hybridized carbons (Fsp3) is 0.333. The minimum atomic E-state index is -3.48. The maximum atomic E-state index is 13.2. The van der Waals surface area contributed by atoms with Crippen LogP contribution in [0.15, 0.2) is 65.7 Å². The van der Waals surface area contributed by atoms with Crippen LogP contribution in [0.4, 0.5) is 5.82 Å². The van der Waals surface area contributed by atoms with Crippen LogP contribution in [0.25, 0.3) is 16.9 Å². The molecule has 0 aliphatic carbocycles. The minimum Gasteiger partial charge on any atom is -0.370 e. The molecule has 0 spiro atoms. The average Bonchev–Trinajstić information content (AvgIpc) is 3.28. The first-order chi connectivity index (χ1) is 17.7. The molecule has 1 aliphatic rings. The number of fused-ring (bicyclic) bond motifs is 1. The van der Waals surface area contributed by atoms with Crippen LogP contribution >= 0.6 is 11.6 Å². The number of aromatic nitrogens is 3. The van der Waals surface area contributed by atoms with Crippen LogP contribution in [0.5, 0.6) is 0 Å². The van der Waals surface area contributed by atoms with E-state index in [-0.39, 0.29) is 0 Å². The number of piperidine rings is 1. The van der Waals surface area contributed by atoms with E-state index in [1.54, 1.807) is 22.6 Å². The van der Waals surface area contributed by atoms with Gasteiger partial charge in [-0.2, -0.15) is 13.9 Å². The largest absolute Gasteiger partial charge is 0.370 e. The van der Waals surface area contributed by atoms with Crippen LogP contribution in [0.3, 0.4) is 0 Å². The van der Waals surface area contributed by atoms with Crippen molar-refractivity contribution in [1.82, 2.24) is 18.9 Å². The monoisotopic (exact) mass is 535 g/mol. The maximum Gasteiger partial charge on any atom is 0.243 e. The highest BCUT2D eigenvalue weighted by Gasteiger charge is 2.29. The van der Waals surface area contributed by atoms with Gasteiger partial charge in [0.1, 0.15) is 13.7 Å². The van der Waals surface area contributed by atoms with Gasteiger partial charge in [-0.1, -0.05) is 55.8 Å². The Labute approximate surface area is 224 Å². The van der Waals surface area contributed by atoms with Crippen molar-refractivity contribution in [3.63, 3.8) is 0 Å². The summed E-state index contributed by atoms with van der Waals surface area (Å²) in [6.45, 7) is 5.95. The van der Waals surface area contributed by atoms with E-state index in [0.29, 0.717) is 34.8 Å². The van der Waals surface area contributed by atoms with E-state index >= 15 is 0 Å². The van der Waals surface area contributed by atoms with Crippen LogP contribution in [0, 0.1) is 5.92 Å². The molecular formula is C27H31BClN5O2S. The Bertz CT molecular complexity index is 1510. The predicted molar refractivity (Wildman–Crippen MR) is 152 cm³/mol. The molecule has 0 unspecified atom stereocenters. The zero-order valence-corrected chi connectivity index (χ0v) is 22.9. The number of nitrogens with zero attached hydrogens (tertiary/aromatic N) is 4. The standard InChI is InChI=1S/C27H31BClN5O2S/c1-18(2)20-7-9-21(10-8-20)37(35,36)33-13-11-19(12-14-33)16-30-26-15-25(22-5-3-4-6-24(22)29)32-27-23(28)17-31-34(26)27/h3-10,15,17-19,30H,11-14,16,28H2,1-2H3. The summed E-state index contributed by atoms with van der Waals surface area (Å²) in [5.74, 6) is 1.56. The number of benzene rings is 2. The molecule has 1 aliphatic heterocycles. The average molecular weight is 536 g/mol. The van der Waals surface area contributed by atoms with E-state index in [2.05, 4.69) is 24.3 Å². The molecule has 4 aromatic rings. The summed E-state index contributed by atoms with van der Waals surface area (Å²) in [4.78, 5) is 5.17. The third-order valence-corrected chi connectivity index (χ3v) is 9.37. The molecule has 2 aromatic heterocycles. The van der Waals surface area contributed by atoms with E-state index in [4.69, 9.17) is 16.6 Å². The van der Waals surface area contributed by atoms with Crippen LogP contribution in [0.1, 0.15) is 38.2 Å². The molecule has 0 saturated carbocycles. The van der Waals surface area contributed by atoms with Gasteiger partial charge in [0.05, 0.1) is 10.6 Å². The summed E-state index contributed by atoms with van der Waals surface area (Å²) in [7, 11) is -1.50. The van der Waals surface area contributed by atoms with Gasteiger partial charge in [0.25, 0.3) is 0 Å². The second-order valence-electron chi connectivity index (χ2n) is 10.0. The van der Waals surface area contributed by atoms with Crippen molar-refractivity contribution in [3.8, 4) is 11.3 Å². The fourth-order valence-electron chi connectivity index (χ4n) is 4.78. The lowest BCUT2D eigenvalue weighted by Gasteiger charge is -2.31. The van der Waals surface area contributed by atoms with Crippen molar-refractivity contribution in [2.24, 2.45) is 5.92 Å². The van der Waals surface area contributed by atoms with Gasteiger partial charge >= 0.3 is 0 Å². The summed E-state index contributed by atoms with van der Waals surface area (Å²) in [6.07, 6.45) is 3.39. The minimum absolute atomic E-state index is 0.346. The number of halogens is 1. The molecule has 37 heavy (non-hydrogen) atoms. The number of rotatable bonds is 7. The molecule has 1 N–H and O–H groups in total. The molecule has 3 heterocycles. The first-order valence-electron chi connectivity index (χ1n) is 12.7. The second-order valence-corrected chi connectivity index (χ2v) is 12.4. The highest BCUT2D eigenvalue weighted by molar-refractivity contribution is 7.89. The summed E-state index contributed by atoms with van der Waals surface area (Å²) in [5.41, 5.74) is 4.56. The predicted octanol–water partition coefficient (Wildman–Crippen LogP) is 3.94. The first kappa shape index (κ1) is 25.8. The Morgan fingerprint density at radius 3 is 2.49 bits per heavy atom. The van der Waals surface area contributed by atoms with E-state index < -0.39 is 10.0 Å². The number of anilines is 1. The smallest absolute Gasteiger partial charge is 0.243 e. The Balaban J connectivity index is 1.28. The molecule has 1 fully saturated rings. The molecule has 0 radical (unpaired) electrons. The topological polar surface area (TPSA) is 79.6 Å². The van der Waals surface area contributed by atoms with Crippen molar-refractivity contribution < 1.29 is 8.42 Å². The van der Waals surface area contributed by atoms with E-state index in [0.717, 1.165) is 53.1 Å². The Morgan fingerprint density at radius 2 is 1.81 bits per heavy atom. The molecule has 7 nitrogen and oxygen atoms in total. The van der Waals surface area contributed by atoms with E-state index in [1.165, 1.54) is 0 Å². The number of sulfonamides is 1. The van der Waals surface area contributed by atoms with Gasteiger partial charge in [0.2, 0.25) is 10.0 Å². The molecule has 1 saturated heterocycles. The third-order valence-electron chi connectivity index (χ3n) is 7.13. The summed E-state index contributed by atoms with van der Waals surface area (Å²) in [5, 5.41) is 8.70. The van der Waals surface area contributed by atoms with Crippen molar-refractivity contribution in [3.05, 3.63) is 71.4 Å². The Morgan fingerprint density at radius 1 is 1.11 bits per heavy atom. The lowest BCUT2D eigenvalue weighted by molar-refractivity contribution is 0.282. The third kappa shape index (κ3) is 5.26. The number of hydrogen-bond donors (Lipinski definition) is 1. The summed E-state index contributed by atoms with van der Waals surface area (Å²) >= 11 is 6.45. The van der Waals surface area contributed by atoms with Gasteiger partial charge in [-0.25, -0.2) is 13.4 Å². The molecule has 2 aromatic carbocycles. The van der Waals surface area contributed by atoms with Gasteiger partial charge in [0, 0.05) is 42.5 Å². The lowest BCUT2D eigenvalue weighted by atomic mass is 9.98. The molecule has 5 rings (SSSR count). The summed E-state index contributed by atoms with van der Waals surface area (Å²) < 4.78 is 29.8. The van der Waals surface area contributed by atoms with Crippen molar-refractivity contribution in [2.45, 2.75) is 37.5 Å². The molecular weight excluding hydrogens is 505 g/mol. The second kappa shape index (κ2) is 10.5. The number of nitrogens with one attached hydrogen (secondary N) is 1. The maximum absolute atomic E-state index is 13.2. The Hall–Kier alpha value is -2.88. The Kier molecular flexibility index (Phi) is 7.29. The normalized spacial score (nSPS) is 15.5. The highest BCUT2D eigenvalue weighted by atomic mass is 35.5. The van der Waals surface area contributed by atoms with Gasteiger partial charge < -0.3 is 5.32 Å². The van der Waals surface area contributed by atoms with Gasteiger partial charge in [-0.05, 0) is 53.9 Å². The zero-order valence-electron chi connectivity index (χ0n) is 21.4. The van der Waals surface area contributed by atoms with Crippen molar-refractivity contribution in [1.29, 1.82) is 0 Å². The molecule has 0 amide bonds. The fourth-order valence-corrected chi connectivity index (χ4v) is 6.48. The van der Waals surface area contributed by atoms with E-state index in [1.807, 2.05) is 54.8 Å².